The Labute approximate surface area is 152 Å². The highest BCUT2D eigenvalue weighted by atomic mass is 79.9. The lowest BCUT2D eigenvalue weighted by Crippen LogP contribution is -2.22. The Balaban J connectivity index is 1.67. The molecule has 1 aromatic carbocycles. The Morgan fingerprint density at radius 3 is 2.88 bits per heavy atom. The van der Waals surface area contributed by atoms with Gasteiger partial charge < -0.3 is 15.8 Å². The number of carbonyl (C=O) groups excluding carboxylic acids is 2. The molecule has 0 aliphatic heterocycles. The Bertz CT molecular complexity index is 816. The van der Waals surface area contributed by atoms with Gasteiger partial charge in [-0.05, 0) is 55.5 Å². The van der Waals surface area contributed by atoms with Crippen LogP contribution in [0.1, 0.15) is 32.8 Å². The molecule has 0 fully saturated rings. The van der Waals surface area contributed by atoms with E-state index in [2.05, 4.69) is 21.2 Å². The molecule has 0 saturated carbocycles. The fourth-order valence-electron chi connectivity index (χ4n) is 2.77. The van der Waals surface area contributed by atoms with E-state index in [0.717, 1.165) is 39.7 Å². The Kier molecular flexibility index (Phi) is 4.91. The zero-order chi connectivity index (χ0) is 17.3. The van der Waals surface area contributed by atoms with Crippen LogP contribution in [0.5, 0.6) is 5.75 Å². The van der Waals surface area contributed by atoms with Crippen molar-refractivity contribution in [3.8, 4) is 5.75 Å². The second-order valence-corrected chi connectivity index (χ2v) is 7.63. The molecule has 1 aromatic heterocycles. The van der Waals surface area contributed by atoms with Crippen LogP contribution in [0.25, 0.3) is 0 Å². The molecule has 5 nitrogen and oxygen atoms in total. The number of thiophene rings is 1. The van der Waals surface area contributed by atoms with Crippen molar-refractivity contribution >= 4 is 44.1 Å². The first-order valence-corrected chi connectivity index (χ1v) is 9.20. The van der Waals surface area contributed by atoms with Crippen LogP contribution in [0.3, 0.4) is 0 Å². The Morgan fingerprint density at radius 2 is 2.17 bits per heavy atom. The van der Waals surface area contributed by atoms with Crippen molar-refractivity contribution in [2.75, 3.05) is 11.9 Å². The van der Waals surface area contributed by atoms with Crippen molar-refractivity contribution < 1.29 is 14.3 Å². The fourth-order valence-corrected chi connectivity index (χ4v) is 4.33. The van der Waals surface area contributed by atoms with E-state index in [9.17, 15) is 9.59 Å². The molecule has 1 aliphatic carbocycles. The predicted molar refractivity (Wildman–Crippen MR) is 97.9 cm³/mol. The van der Waals surface area contributed by atoms with E-state index in [4.69, 9.17) is 10.5 Å². The minimum Gasteiger partial charge on any atom is -0.484 e. The zero-order valence-electron chi connectivity index (χ0n) is 13.1. The molecule has 7 heteroatoms. The monoisotopic (exact) mass is 408 g/mol. The molecule has 0 saturated heterocycles. The maximum atomic E-state index is 12.1. The number of amides is 2. The summed E-state index contributed by atoms with van der Waals surface area (Å²) in [7, 11) is 0. The average Bonchev–Trinajstić information content (AvgIpc) is 3.08. The van der Waals surface area contributed by atoms with Crippen LogP contribution in [-0.4, -0.2) is 18.4 Å². The standard InChI is InChI=1S/C17H17BrN2O3S/c1-9-7-10(5-6-12(9)18)23-8-14(21)20-17-15(16(19)22)11-3-2-4-13(11)24-17/h5-7H,2-4,8H2,1H3,(H2,19,22)(H,20,21). The minimum absolute atomic E-state index is 0.123. The molecule has 0 spiro atoms. The summed E-state index contributed by atoms with van der Waals surface area (Å²) in [6.45, 7) is 1.82. The second kappa shape index (κ2) is 6.94. The van der Waals surface area contributed by atoms with Crippen molar-refractivity contribution in [1.29, 1.82) is 0 Å². The van der Waals surface area contributed by atoms with Crippen LogP contribution in [0.4, 0.5) is 5.00 Å². The summed E-state index contributed by atoms with van der Waals surface area (Å²) in [5, 5.41) is 3.30. The van der Waals surface area contributed by atoms with Crippen LogP contribution in [0.2, 0.25) is 0 Å². The number of hydrogen-bond donors (Lipinski definition) is 2. The number of nitrogens with one attached hydrogen (secondary N) is 1. The molecular weight excluding hydrogens is 392 g/mol. The number of aryl methyl sites for hydroxylation is 2. The van der Waals surface area contributed by atoms with Gasteiger partial charge in [0.05, 0.1) is 5.56 Å². The van der Waals surface area contributed by atoms with Gasteiger partial charge in [-0.1, -0.05) is 15.9 Å². The molecule has 2 amide bonds. The molecule has 3 rings (SSSR count). The largest absolute Gasteiger partial charge is 0.484 e. The molecule has 24 heavy (non-hydrogen) atoms. The van der Waals surface area contributed by atoms with Gasteiger partial charge in [-0.3, -0.25) is 9.59 Å². The third-order valence-corrected chi connectivity index (χ3v) is 6.02. The van der Waals surface area contributed by atoms with Crippen molar-refractivity contribution in [2.24, 2.45) is 5.73 Å². The molecule has 3 N–H and O–H groups in total. The van der Waals surface area contributed by atoms with E-state index in [1.165, 1.54) is 11.3 Å². The van der Waals surface area contributed by atoms with Crippen LogP contribution in [-0.2, 0) is 17.6 Å². The maximum absolute atomic E-state index is 12.1. The van der Waals surface area contributed by atoms with Crippen molar-refractivity contribution in [1.82, 2.24) is 0 Å². The van der Waals surface area contributed by atoms with E-state index in [-0.39, 0.29) is 12.5 Å². The normalized spacial score (nSPS) is 12.8. The number of nitrogens with two attached hydrogens (primary N) is 1. The number of rotatable bonds is 5. The number of hydrogen-bond acceptors (Lipinski definition) is 4. The summed E-state index contributed by atoms with van der Waals surface area (Å²) in [6, 6.07) is 5.52. The first kappa shape index (κ1) is 17.0. The third kappa shape index (κ3) is 3.47. The summed E-state index contributed by atoms with van der Waals surface area (Å²) in [4.78, 5) is 25.0. The van der Waals surface area contributed by atoms with Gasteiger partial charge in [0.1, 0.15) is 10.8 Å². The van der Waals surface area contributed by atoms with Crippen molar-refractivity contribution in [3.63, 3.8) is 0 Å². The van der Waals surface area contributed by atoms with Gasteiger partial charge in [-0.15, -0.1) is 11.3 Å². The van der Waals surface area contributed by atoms with Gasteiger partial charge in [-0.25, -0.2) is 0 Å². The topological polar surface area (TPSA) is 81.4 Å². The van der Waals surface area contributed by atoms with Gasteiger partial charge in [0.25, 0.3) is 11.8 Å². The molecule has 0 radical (unpaired) electrons. The summed E-state index contributed by atoms with van der Waals surface area (Å²) in [6.07, 6.45) is 2.81. The van der Waals surface area contributed by atoms with Crippen molar-refractivity contribution in [2.45, 2.75) is 26.2 Å². The van der Waals surface area contributed by atoms with E-state index in [0.29, 0.717) is 16.3 Å². The SMILES string of the molecule is Cc1cc(OCC(=O)Nc2sc3c(c2C(N)=O)CCC3)ccc1Br. The highest BCUT2D eigenvalue weighted by molar-refractivity contribution is 9.10. The van der Waals surface area contributed by atoms with Crippen molar-refractivity contribution in [3.05, 3.63) is 44.2 Å². The third-order valence-electron chi connectivity index (χ3n) is 3.92. The van der Waals surface area contributed by atoms with Crippen LogP contribution < -0.4 is 15.8 Å². The van der Waals surface area contributed by atoms with Crippen LogP contribution >= 0.6 is 27.3 Å². The van der Waals surface area contributed by atoms with Gasteiger partial charge in [0.15, 0.2) is 6.61 Å². The molecule has 0 bridgehead atoms. The zero-order valence-corrected chi connectivity index (χ0v) is 15.6. The van der Waals surface area contributed by atoms with Crippen LogP contribution in [0.15, 0.2) is 22.7 Å². The van der Waals surface area contributed by atoms with Gasteiger partial charge >= 0.3 is 0 Å². The van der Waals surface area contributed by atoms with Crippen LogP contribution in [0, 0.1) is 6.92 Å². The quantitative estimate of drug-likeness (QED) is 0.794. The smallest absolute Gasteiger partial charge is 0.262 e. The molecule has 126 valence electrons. The van der Waals surface area contributed by atoms with E-state index in [1.807, 2.05) is 19.1 Å². The first-order chi connectivity index (χ1) is 11.5. The molecule has 0 atom stereocenters. The first-order valence-electron chi connectivity index (χ1n) is 7.59. The summed E-state index contributed by atoms with van der Waals surface area (Å²) in [5.74, 6) is -0.179. The predicted octanol–water partition coefficient (Wildman–Crippen LogP) is 3.42. The lowest BCUT2D eigenvalue weighted by Gasteiger charge is -2.09. The average molecular weight is 409 g/mol. The minimum atomic E-state index is -0.492. The highest BCUT2D eigenvalue weighted by Gasteiger charge is 2.26. The summed E-state index contributed by atoms with van der Waals surface area (Å²) in [5.41, 5.74) is 7.96. The number of fused-ring (bicyclic) bond motifs is 1. The maximum Gasteiger partial charge on any atom is 0.262 e. The fraction of sp³-hybridized carbons (Fsp3) is 0.294. The Hall–Kier alpha value is -1.86. The molecule has 2 aromatic rings. The number of anilines is 1. The summed E-state index contributed by atoms with van der Waals surface area (Å²) >= 11 is 4.86. The highest BCUT2D eigenvalue weighted by Crippen LogP contribution is 2.38. The molecule has 0 unspecified atom stereocenters. The van der Waals surface area contributed by atoms with E-state index < -0.39 is 5.91 Å². The second-order valence-electron chi connectivity index (χ2n) is 5.67. The number of halogens is 1. The van der Waals surface area contributed by atoms with Gasteiger partial charge in [0.2, 0.25) is 0 Å². The number of primary amides is 1. The molecular formula is C17H17BrN2O3S. The molecule has 1 aliphatic rings. The number of carbonyl (C=O) groups is 2. The lowest BCUT2D eigenvalue weighted by atomic mass is 10.1. The van der Waals surface area contributed by atoms with Gasteiger partial charge in [0, 0.05) is 9.35 Å². The number of benzene rings is 1. The summed E-state index contributed by atoms with van der Waals surface area (Å²) < 4.78 is 6.49. The van der Waals surface area contributed by atoms with E-state index >= 15 is 0 Å². The van der Waals surface area contributed by atoms with Gasteiger partial charge in [-0.2, -0.15) is 0 Å². The Morgan fingerprint density at radius 1 is 1.38 bits per heavy atom. The lowest BCUT2D eigenvalue weighted by molar-refractivity contribution is -0.118. The number of ether oxygens (including phenoxy) is 1. The molecule has 1 heterocycles. The van der Waals surface area contributed by atoms with E-state index in [1.54, 1.807) is 6.07 Å².